The average Bonchev–Trinajstić information content (AvgIpc) is 3.40. The number of anilines is 1. The zero-order valence-corrected chi connectivity index (χ0v) is 19.2. The highest BCUT2D eigenvalue weighted by Crippen LogP contribution is 2.41. The normalized spacial score (nSPS) is 14.2. The van der Waals surface area contributed by atoms with Crippen LogP contribution in [0.25, 0.3) is 22.4 Å². The van der Waals surface area contributed by atoms with Gasteiger partial charge in [-0.15, -0.1) is 5.10 Å². The lowest BCUT2D eigenvalue weighted by atomic mass is 10.1. The standard InChI is InChI=1S/C23H24ClN7O/c1-12-18-15(11-17(13-9-10-13)25-20(18)31(30-12)23(2,3)4)21(32)27-22-26-19(28-29-22)14-7-5-6-8-16(14)24/h5-8,11,13H,9-10H2,1-4H3,(H2,26,27,28,29,32). The summed E-state index contributed by atoms with van der Waals surface area (Å²) in [6.07, 6.45) is 2.18. The van der Waals surface area contributed by atoms with E-state index < -0.39 is 0 Å². The van der Waals surface area contributed by atoms with Gasteiger partial charge < -0.3 is 0 Å². The third kappa shape index (κ3) is 3.64. The molecule has 164 valence electrons. The molecule has 4 aromatic rings. The number of H-pyrrole nitrogens is 1. The molecule has 3 heterocycles. The third-order valence-electron chi connectivity index (χ3n) is 5.55. The second-order valence-corrected chi connectivity index (χ2v) is 9.58. The Bertz CT molecular complexity index is 1340. The minimum atomic E-state index is -0.291. The van der Waals surface area contributed by atoms with Gasteiger partial charge in [-0.2, -0.15) is 10.1 Å². The van der Waals surface area contributed by atoms with Crippen LogP contribution < -0.4 is 5.32 Å². The second-order valence-electron chi connectivity index (χ2n) is 9.18. The van der Waals surface area contributed by atoms with Crippen molar-refractivity contribution in [2.75, 3.05) is 5.32 Å². The van der Waals surface area contributed by atoms with E-state index in [4.69, 9.17) is 21.7 Å². The molecule has 2 N–H and O–H groups in total. The number of fused-ring (bicyclic) bond motifs is 1. The lowest BCUT2D eigenvalue weighted by Crippen LogP contribution is -2.24. The Morgan fingerprint density at radius 3 is 2.66 bits per heavy atom. The maximum Gasteiger partial charge on any atom is 0.258 e. The smallest absolute Gasteiger partial charge is 0.258 e. The average molecular weight is 450 g/mol. The highest BCUT2D eigenvalue weighted by Gasteiger charge is 2.30. The molecule has 0 spiro atoms. The fourth-order valence-electron chi connectivity index (χ4n) is 3.80. The van der Waals surface area contributed by atoms with Crippen LogP contribution in [0.5, 0.6) is 0 Å². The molecule has 1 amide bonds. The molecule has 0 unspecified atom stereocenters. The van der Waals surface area contributed by atoms with E-state index in [9.17, 15) is 4.79 Å². The van der Waals surface area contributed by atoms with Crippen molar-refractivity contribution in [3.05, 3.63) is 52.3 Å². The highest BCUT2D eigenvalue weighted by molar-refractivity contribution is 6.33. The van der Waals surface area contributed by atoms with Crippen LogP contribution >= 0.6 is 11.6 Å². The summed E-state index contributed by atoms with van der Waals surface area (Å²) in [5.41, 5.74) is 3.42. The SMILES string of the molecule is Cc1nn(C(C)(C)C)c2nc(C3CC3)cc(C(=O)Nc3n[nH]c(-c4ccccc4Cl)n3)c12. The number of carbonyl (C=O) groups is 1. The molecule has 32 heavy (non-hydrogen) atoms. The number of pyridine rings is 1. The molecule has 0 atom stereocenters. The zero-order chi connectivity index (χ0) is 22.6. The van der Waals surface area contributed by atoms with Crippen LogP contribution in [0.1, 0.15) is 61.3 Å². The maximum atomic E-state index is 13.4. The molecular formula is C23H24ClN7O. The number of aryl methyl sites for hydroxylation is 1. The van der Waals surface area contributed by atoms with Crippen LogP contribution in [0.3, 0.4) is 0 Å². The van der Waals surface area contributed by atoms with Crippen molar-refractivity contribution in [1.29, 1.82) is 0 Å². The molecule has 1 saturated carbocycles. The van der Waals surface area contributed by atoms with Crippen LogP contribution in [0.15, 0.2) is 30.3 Å². The summed E-state index contributed by atoms with van der Waals surface area (Å²) < 4.78 is 1.91. The van der Waals surface area contributed by atoms with Crippen LogP contribution in [-0.4, -0.2) is 35.9 Å². The Kier molecular flexibility index (Phi) is 4.78. The van der Waals surface area contributed by atoms with E-state index in [1.165, 1.54) is 0 Å². The number of hydrogen-bond acceptors (Lipinski definition) is 5. The van der Waals surface area contributed by atoms with E-state index in [0.29, 0.717) is 27.9 Å². The predicted octanol–water partition coefficient (Wildman–Crippen LogP) is 5.06. The Balaban J connectivity index is 1.54. The van der Waals surface area contributed by atoms with Crippen LogP contribution in [0.2, 0.25) is 5.02 Å². The van der Waals surface area contributed by atoms with Crippen molar-refractivity contribution in [2.45, 2.75) is 52.0 Å². The summed E-state index contributed by atoms with van der Waals surface area (Å²) in [7, 11) is 0. The summed E-state index contributed by atoms with van der Waals surface area (Å²) in [5.74, 6) is 0.773. The van der Waals surface area contributed by atoms with Crippen molar-refractivity contribution in [1.82, 2.24) is 29.9 Å². The predicted molar refractivity (Wildman–Crippen MR) is 124 cm³/mol. The molecule has 5 rings (SSSR count). The van der Waals surface area contributed by atoms with E-state index in [0.717, 1.165) is 35.3 Å². The van der Waals surface area contributed by atoms with Gasteiger partial charge in [0, 0.05) is 17.2 Å². The maximum absolute atomic E-state index is 13.4. The van der Waals surface area contributed by atoms with E-state index in [2.05, 4.69) is 41.3 Å². The molecule has 0 aliphatic heterocycles. The summed E-state index contributed by atoms with van der Waals surface area (Å²) in [5, 5.41) is 15.8. The summed E-state index contributed by atoms with van der Waals surface area (Å²) >= 11 is 6.25. The minimum Gasteiger partial charge on any atom is -0.289 e. The Labute approximate surface area is 190 Å². The number of aromatic nitrogens is 6. The monoisotopic (exact) mass is 449 g/mol. The first-order chi connectivity index (χ1) is 15.2. The van der Waals surface area contributed by atoms with Gasteiger partial charge in [0.05, 0.1) is 27.2 Å². The number of benzene rings is 1. The number of amides is 1. The summed E-state index contributed by atoms with van der Waals surface area (Å²) in [6.45, 7) is 8.14. The molecule has 1 fully saturated rings. The van der Waals surface area contributed by atoms with Gasteiger partial charge in [-0.1, -0.05) is 23.7 Å². The molecule has 0 saturated heterocycles. The lowest BCUT2D eigenvalue weighted by molar-refractivity contribution is 0.102. The van der Waals surface area contributed by atoms with Crippen molar-refractivity contribution in [3.63, 3.8) is 0 Å². The van der Waals surface area contributed by atoms with Gasteiger partial charge in [0.1, 0.15) is 0 Å². The molecule has 8 nitrogen and oxygen atoms in total. The van der Waals surface area contributed by atoms with Gasteiger partial charge >= 0.3 is 0 Å². The fourth-order valence-corrected chi connectivity index (χ4v) is 4.03. The van der Waals surface area contributed by atoms with E-state index in [1.807, 2.05) is 35.9 Å². The minimum absolute atomic E-state index is 0.184. The quantitative estimate of drug-likeness (QED) is 0.453. The van der Waals surface area contributed by atoms with E-state index >= 15 is 0 Å². The van der Waals surface area contributed by atoms with Gasteiger partial charge in [0.25, 0.3) is 5.91 Å². The molecule has 0 bridgehead atoms. The summed E-state index contributed by atoms with van der Waals surface area (Å²) in [4.78, 5) is 22.7. The Morgan fingerprint density at radius 1 is 1.22 bits per heavy atom. The molecule has 1 aliphatic rings. The number of nitrogens with one attached hydrogen (secondary N) is 2. The highest BCUT2D eigenvalue weighted by atomic mass is 35.5. The fraction of sp³-hybridized carbons (Fsp3) is 0.348. The van der Waals surface area contributed by atoms with Crippen LogP contribution in [0.4, 0.5) is 5.95 Å². The number of carbonyl (C=O) groups excluding carboxylic acids is 1. The topological polar surface area (TPSA) is 101 Å². The van der Waals surface area contributed by atoms with Gasteiger partial charge in [0.2, 0.25) is 5.95 Å². The van der Waals surface area contributed by atoms with E-state index in [1.54, 1.807) is 6.07 Å². The Morgan fingerprint density at radius 2 is 1.97 bits per heavy atom. The zero-order valence-electron chi connectivity index (χ0n) is 18.4. The molecule has 1 aliphatic carbocycles. The van der Waals surface area contributed by atoms with E-state index in [-0.39, 0.29) is 17.4 Å². The molecule has 1 aromatic carbocycles. The molecular weight excluding hydrogens is 426 g/mol. The van der Waals surface area contributed by atoms with Crippen LogP contribution in [-0.2, 0) is 5.54 Å². The van der Waals surface area contributed by atoms with Gasteiger partial charge in [-0.05, 0) is 58.7 Å². The number of nitrogens with zero attached hydrogens (tertiary/aromatic N) is 5. The second kappa shape index (κ2) is 7.41. The molecule has 0 radical (unpaired) electrons. The molecule has 9 heteroatoms. The van der Waals surface area contributed by atoms with Gasteiger partial charge in [0.15, 0.2) is 11.5 Å². The first-order valence-electron chi connectivity index (χ1n) is 10.6. The van der Waals surface area contributed by atoms with Crippen LogP contribution in [0, 0.1) is 6.92 Å². The van der Waals surface area contributed by atoms with Crippen molar-refractivity contribution in [2.24, 2.45) is 0 Å². The number of hydrogen-bond donors (Lipinski definition) is 2. The van der Waals surface area contributed by atoms with Crippen molar-refractivity contribution < 1.29 is 4.79 Å². The first-order valence-corrected chi connectivity index (χ1v) is 11.0. The summed E-state index contributed by atoms with van der Waals surface area (Å²) in [6, 6.07) is 9.22. The number of rotatable bonds is 4. The van der Waals surface area contributed by atoms with Crippen molar-refractivity contribution in [3.8, 4) is 11.4 Å². The first kappa shape index (κ1) is 20.6. The Hall–Kier alpha value is -3.26. The largest absolute Gasteiger partial charge is 0.289 e. The number of halogens is 1. The third-order valence-corrected chi connectivity index (χ3v) is 5.88. The number of aromatic amines is 1. The van der Waals surface area contributed by atoms with Crippen molar-refractivity contribution >= 4 is 34.5 Å². The lowest BCUT2D eigenvalue weighted by Gasteiger charge is -2.20. The van der Waals surface area contributed by atoms with Gasteiger partial charge in [-0.3, -0.25) is 15.2 Å². The molecule has 3 aromatic heterocycles. The van der Waals surface area contributed by atoms with Gasteiger partial charge in [-0.25, -0.2) is 9.67 Å².